The van der Waals surface area contributed by atoms with Gasteiger partial charge in [-0.1, -0.05) is 18.7 Å². The molecule has 0 fully saturated rings. The van der Waals surface area contributed by atoms with Gasteiger partial charge in [0.1, 0.15) is 11.5 Å². The second-order valence-electron chi connectivity index (χ2n) is 2.85. The number of hydrogen-bond acceptors (Lipinski definition) is 3. The number of rotatable bonds is 1. The number of nitrogens with two attached hydrogens (primary N) is 1. The minimum absolute atomic E-state index is 0.192. The molecule has 0 atom stereocenters. The van der Waals surface area contributed by atoms with Crippen LogP contribution in [0.5, 0.6) is 0 Å². The normalized spacial score (nSPS) is 10.3. The third-order valence-corrected chi connectivity index (χ3v) is 2.00. The van der Waals surface area contributed by atoms with Crippen LogP contribution < -0.4 is 11.3 Å². The third kappa shape index (κ3) is 1.08. The van der Waals surface area contributed by atoms with Crippen LogP contribution >= 0.6 is 0 Å². The van der Waals surface area contributed by atoms with Gasteiger partial charge in [-0.3, -0.25) is 9.20 Å². The van der Waals surface area contributed by atoms with E-state index in [1.54, 1.807) is 24.4 Å². The zero-order valence-corrected chi connectivity index (χ0v) is 7.47. The molecule has 0 saturated carbocycles. The Kier molecular flexibility index (Phi) is 1.81. The molecule has 4 heteroatoms. The summed E-state index contributed by atoms with van der Waals surface area (Å²) in [6.45, 7) is 3.53. The molecule has 2 rings (SSSR count). The second kappa shape index (κ2) is 2.99. The summed E-state index contributed by atoms with van der Waals surface area (Å²) < 4.78 is 1.44. The molecule has 0 amide bonds. The highest BCUT2D eigenvalue weighted by Crippen LogP contribution is 2.06. The first-order valence-corrected chi connectivity index (χ1v) is 4.13. The van der Waals surface area contributed by atoms with Crippen LogP contribution in [0.4, 0.5) is 5.82 Å². The van der Waals surface area contributed by atoms with Gasteiger partial charge in [-0.25, -0.2) is 4.98 Å². The molecule has 2 aromatic heterocycles. The van der Waals surface area contributed by atoms with Gasteiger partial charge in [-0.2, -0.15) is 0 Å². The highest BCUT2D eigenvalue weighted by molar-refractivity contribution is 5.61. The molecule has 0 aliphatic carbocycles. The number of hydrogen-bond donors (Lipinski definition) is 1. The Morgan fingerprint density at radius 2 is 2.29 bits per heavy atom. The molecule has 2 aromatic rings. The van der Waals surface area contributed by atoms with E-state index in [0.29, 0.717) is 11.2 Å². The Morgan fingerprint density at radius 3 is 3.00 bits per heavy atom. The highest BCUT2D eigenvalue weighted by Gasteiger charge is 2.05. The van der Waals surface area contributed by atoms with Crippen molar-refractivity contribution in [2.75, 3.05) is 5.73 Å². The van der Waals surface area contributed by atoms with Crippen molar-refractivity contribution in [3.8, 4) is 0 Å². The Hall–Kier alpha value is -2.10. The monoisotopic (exact) mass is 187 g/mol. The van der Waals surface area contributed by atoms with Crippen molar-refractivity contribution in [3.05, 3.63) is 46.9 Å². The minimum atomic E-state index is -0.192. The van der Waals surface area contributed by atoms with Gasteiger partial charge in [0, 0.05) is 6.20 Å². The number of nitrogen functional groups attached to an aromatic ring is 1. The molecular weight excluding hydrogens is 178 g/mol. The fraction of sp³-hybridized carbons (Fsp3) is 0. The predicted octanol–water partition coefficient (Wildman–Crippen LogP) is 0.920. The van der Waals surface area contributed by atoms with Crippen LogP contribution in [0.1, 0.15) is 5.56 Å². The third-order valence-electron chi connectivity index (χ3n) is 2.00. The van der Waals surface area contributed by atoms with Crippen molar-refractivity contribution in [3.63, 3.8) is 0 Å². The van der Waals surface area contributed by atoms with Crippen molar-refractivity contribution in [2.45, 2.75) is 0 Å². The smallest absolute Gasteiger partial charge is 0.267 e. The number of aromatic nitrogens is 2. The molecule has 70 valence electrons. The lowest BCUT2D eigenvalue weighted by molar-refractivity contribution is 1.04. The molecule has 0 radical (unpaired) electrons. The Balaban J connectivity index is 3.00. The van der Waals surface area contributed by atoms with Crippen molar-refractivity contribution < 1.29 is 0 Å². The molecule has 0 bridgehead atoms. The fourth-order valence-electron chi connectivity index (χ4n) is 1.31. The average molecular weight is 187 g/mol. The largest absolute Gasteiger partial charge is 0.383 e. The van der Waals surface area contributed by atoms with E-state index in [-0.39, 0.29) is 11.4 Å². The summed E-state index contributed by atoms with van der Waals surface area (Å²) in [5.41, 5.74) is 6.29. The molecule has 14 heavy (non-hydrogen) atoms. The molecular formula is C10H9N3O. The lowest BCUT2D eigenvalue weighted by atomic mass is 10.3. The van der Waals surface area contributed by atoms with E-state index in [9.17, 15) is 4.79 Å². The maximum atomic E-state index is 11.8. The molecule has 0 aliphatic heterocycles. The minimum Gasteiger partial charge on any atom is -0.383 e. The van der Waals surface area contributed by atoms with Crippen LogP contribution in [0.3, 0.4) is 0 Å². The Morgan fingerprint density at radius 1 is 1.50 bits per heavy atom. The first-order chi connectivity index (χ1) is 6.74. The predicted molar refractivity (Wildman–Crippen MR) is 56.0 cm³/mol. The van der Waals surface area contributed by atoms with Crippen molar-refractivity contribution in [1.82, 2.24) is 9.38 Å². The van der Waals surface area contributed by atoms with Crippen LogP contribution in [0, 0.1) is 0 Å². The summed E-state index contributed by atoms with van der Waals surface area (Å²) >= 11 is 0. The van der Waals surface area contributed by atoms with Gasteiger partial charge in [0.05, 0.1) is 5.56 Å². The molecule has 0 aliphatic rings. The molecule has 2 heterocycles. The molecule has 0 aromatic carbocycles. The van der Waals surface area contributed by atoms with E-state index in [2.05, 4.69) is 11.6 Å². The van der Waals surface area contributed by atoms with Gasteiger partial charge in [0.15, 0.2) is 0 Å². The summed E-state index contributed by atoms with van der Waals surface area (Å²) in [5.74, 6) is 0.219. The SMILES string of the molecule is C=Cc1c(N)nc2ccccn2c1=O. The lowest BCUT2D eigenvalue weighted by Crippen LogP contribution is -2.19. The van der Waals surface area contributed by atoms with E-state index in [0.717, 1.165) is 0 Å². The Labute approximate surface area is 80.3 Å². The van der Waals surface area contributed by atoms with E-state index >= 15 is 0 Å². The Bertz CT molecular complexity index is 557. The summed E-state index contributed by atoms with van der Waals surface area (Å²) in [6.07, 6.45) is 3.07. The standard InChI is InChI=1S/C10H9N3O/c1-2-7-9(11)12-8-5-3-4-6-13(8)10(7)14/h2-6H,1,11H2. The number of nitrogens with zero attached hydrogens (tertiary/aromatic N) is 2. The van der Waals surface area contributed by atoms with Crippen LogP contribution in [-0.4, -0.2) is 9.38 Å². The highest BCUT2D eigenvalue weighted by atomic mass is 16.1. The molecule has 0 saturated heterocycles. The molecule has 4 nitrogen and oxygen atoms in total. The molecule has 0 unspecified atom stereocenters. The van der Waals surface area contributed by atoms with Gasteiger partial charge < -0.3 is 5.73 Å². The quantitative estimate of drug-likeness (QED) is 0.722. The zero-order chi connectivity index (χ0) is 10.1. The van der Waals surface area contributed by atoms with E-state index < -0.39 is 0 Å². The molecule has 0 spiro atoms. The maximum absolute atomic E-state index is 11.8. The van der Waals surface area contributed by atoms with Gasteiger partial charge in [-0.15, -0.1) is 0 Å². The van der Waals surface area contributed by atoms with Crippen LogP contribution in [-0.2, 0) is 0 Å². The van der Waals surface area contributed by atoms with E-state index in [1.165, 1.54) is 10.5 Å². The van der Waals surface area contributed by atoms with Crippen LogP contribution in [0.2, 0.25) is 0 Å². The summed E-state index contributed by atoms with van der Waals surface area (Å²) in [7, 11) is 0. The summed E-state index contributed by atoms with van der Waals surface area (Å²) in [6, 6.07) is 5.29. The van der Waals surface area contributed by atoms with Crippen molar-refractivity contribution >= 4 is 17.5 Å². The lowest BCUT2D eigenvalue weighted by Gasteiger charge is -2.03. The number of pyridine rings is 1. The summed E-state index contributed by atoms with van der Waals surface area (Å²) in [5, 5.41) is 0. The maximum Gasteiger partial charge on any atom is 0.267 e. The van der Waals surface area contributed by atoms with Gasteiger partial charge in [0.2, 0.25) is 0 Å². The zero-order valence-electron chi connectivity index (χ0n) is 7.47. The van der Waals surface area contributed by atoms with Gasteiger partial charge >= 0.3 is 0 Å². The first-order valence-electron chi connectivity index (χ1n) is 4.13. The van der Waals surface area contributed by atoms with Gasteiger partial charge in [0.25, 0.3) is 5.56 Å². The fourth-order valence-corrected chi connectivity index (χ4v) is 1.31. The molecule has 2 N–H and O–H groups in total. The number of anilines is 1. The van der Waals surface area contributed by atoms with Crippen molar-refractivity contribution in [1.29, 1.82) is 0 Å². The topological polar surface area (TPSA) is 60.4 Å². The van der Waals surface area contributed by atoms with Crippen molar-refractivity contribution in [2.24, 2.45) is 0 Å². The van der Waals surface area contributed by atoms with Crippen LogP contribution in [0.15, 0.2) is 35.8 Å². The van der Waals surface area contributed by atoms with Gasteiger partial charge in [-0.05, 0) is 12.1 Å². The first kappa shape index (κ1) is 8.50. The van der Waals surface area contributed by atoms with E-state index in [4.69, 9.17) is 5.73 Å². The number of fused-ring (bicyclic) bond motifs is 1. The van der Waals surface area contributed by atoms with Crippen LogP contribution in [0.25, 0.3) is 11.7 Å². The summed E-state index contributed by atoms with van der Waals surface area (Å²) in [4.78, 5) is 15.8. The average Bonchev–Trinajstić information content (AvgIpc) is 2.18. The second-order valence-corrected chi connectivity index (χ2v) is 2.85. The van der Waals surface area contributed by atoms with E-state index in [1.807, 2.05) is 0 Å².